The zero-order chi connectivity index (χ0) is 25.1. The molecule has 1 aliphatic heterocycles. The van der Waals surface area contributed by atoms with E-state index in [1.165, 1.54) is 0 Å². The van der Waals surface area contributed by atoms with Crippen LogP contribution < -0.4 is 15.6 Å². The van der Waals surface area contributed by atoms with Gasteiger partial charge in [-0.15, -0.1) is 0 Å². The number of fused-ring (bicyclic) bond motifs is 2. The van der Waals surface area contributed by atoms with Gasteiger partial charge in [-0.3, -0.25) is 20.4 Å². The third-order valence-electron chi connectivity index (χ3n) is 6.90. The number of nitrogens with zero attached hydrogens (tertiary/aromatic N) is 1. The maximum absolute atomic E-state index is 12.9. The summed E-state index contributed by atoms with van der Waals surface area (Å²) in [4.78, 5) is 27.8. The van der Waals surface area contributed by atoms with Gasteiger partial charge >= 0.3 is 0 Å². The number of piperidine rings is 1. The maximum Gasteiger partial charge on any atom is 0.269 e. The van der Waals surface area contributed by atoms with Crippen molar-refractivity contribution in [3.63, 3.8) is 0 Å². The van der Waals surface area contributed by atoms with Crippen LogP contribution in [0.15, 0.2) is 85.4 Å². The number of hydrogen-bond donors (Lipinski definition) is 2. The topological polar surface area (TPSA) is 70.7 Å². The predicted octanol–water partition coefficient (Wildman–Crippen LogP) is 5.15. The standard InChI is InChI=1S/C30H29N3O3/c1-20(25-15-16-28(36-2)27-12-6-5-11-26(25)27)33-17-7-10-24(19-33)30(35)32-31-29(34)23-14-13-21-8-3-4-9-22(21)18-23/h3-6,8-9,11-16,18,24H,1,7,10,17,19H2,2H3,(H,31,34)(H,32,35)/t24-/m0/s1. The van der Waals surface area contributed by atoms with Crippen LogP contribution in [0.1, 0.15) is 28.8 Å². The van der Waals surface area contributed by atoms with Gasteiger partial charge in [0.25, 0.3) is 5.91 Å². The van der Waals surface area contributed by atoms with Crippen molar-refractivity contribution >= 4 is 39.1 Å². The predicted molar refractivity (Wildman–Crippen MR) is 143 cm³/mol. The highest BCUT2D eigenvalue weighted by Gasteiger charge is 2.27. The average molecular weight is 480 g/mol. The number of amides is 2. The van der Waals surface area contributed by atoms with Crippen LogP contribution in [0.25, 0.3) is 27.2 Å². The lowest BCUT2D eigenvalue weighted by Crippen LogP contribution is -2.48. The van der Waals surface area contributed by atoms with Crippen LogP contribution >= 0.6 is 0 Å². The summed E-state index contributed by atoms with van der Waals surface area (Å²) in [6.45, 7) is 5.73. The second-order valence-electron chi connectivity index (χ2n) is 9.10. The van der Waals surface area contributed by atoms with E-state index in [2.05, 4.69) is 28.4 Å². The fraction of sp³-hybridized carbons (Fsp3) is 0.200. The minimum atomic E-state index is -0.337. The van der Waals surface area contributed by atoms with Crippen LogP contribution in [0, 0.1) is 5.92 Å². The molecule has 1 fully saturated rings. The zero-order valence-electron chi connectivity index (χ0n) is 20.3. The Labute approximate surface area is 210 Å². The molecule has 0 aromatic heterocycles. The summed E-state index contributed by atoms with van der Waals surface area (Å²) in [7, 11) is 1.67. The van der Waals surface area contributed by atoms with E-state index in [4.69, 9.17) is 4.74 Å². The summed E-state index contributed by atoms with van der Waals surface area (Å²) in [6.07, 6.45) is 1.62. The molecule has 0 radical (unpaired) electrons. The van der Waals surface area contributed by atoms with Crippen LogP contribution in [0.4, 0.5) is 0 Å². The first-order chi connectivity index (χ1) is 17.5. The highest BCUT2D eigenvalue weighted by Crippen LogP contribution is 2.34. The molecule has 6 nitrogen and oxygen atoms in total. The Morgan fingerprint density at radius 3 is 2.47 bits per heavy atom. The molecular weight excluding hydrogens is 450 g/mol. The zero-order valence-corrected chi connectivity index (χ0v) is 20.3. The smallest absolute Gasteiger partial charge is 0.269 e. The highest BCUT2D eigenvalue weighted by atomic mass is 16.5. The Kier molecular flexibility index (Phi) is 6.58. The van der Waals surface area contributed by atoms with Gasteiger partial charge in [-0.1, -0.05) is 61.2 Å². The van der Waals surface area contributed by atoms with E-state index in [1.807, 2.05) is 66.7 Å². The molecule has 36 heavy (non-hydrogen) atoms. The number of nitrogens with one attached hydrogen (secondary N) is 2. The monoisotopic (exact) mass is 479 g/mol. The molecule has 0 unspecified atom stereocenters. The van der Waals surface area contributed by atoms with Crippen LogP contribution in [-0.2, 0) is 4.79 Å². The molecule has 182 valence electrons. The van der Waals surface area contributed by atoms with Crippen molar-refractivity contribution in [2.24, 2.45) is 5.92 Å². The molecule has 1 aliphatic rings. The first kappa shape index (κ1) is 23.4. The second kappa shape index (κ2) is 10.1. The summed E-state index contributed by atoms with van der Waals surface area (Å²) in [5, 5.41) is 4.13. The molecule has 0 aliphatic carbocycles. The van der Waals surface area contributed by atoms with Crippen LogP contribution in [-0.4, -0.2) is 36.9 Å². The van der Waals surface area contributed by atoms with Crippen molar-refractivity contribution in [3.8, 4) is 5.75 Å². The number of carbonyl (C=O) groups excluding carboxylic acids is 2. The first-order valence-electron chi connectivity index (χ1n) is 12.1. The number of benzene rings is 4. The number of carbonyl (C=O) groups is 2. The van der Waals surface area contributed by atoms with E-state index in [9.17, 15) is 9.59 Å². The van der Waals surface area contributed by atoms with Gasteiger partial charge in [0.2, 0.25) is 5.91 Å². The van der Waals surface area contributed by atoms with Gasteiger partial charge < -0.3 is 9.64 Å². The van der Waals surface area contributed by atoms with E-state index >= 15 is 0 Å². The summed E-state index contributed by atoms with van der Waals surface area (Å²) in [5.74, 6) is 0.0363. The molecule has 6 heteroatoms. The SMILES string of the molecule is C=C(c1ccc(OC)c2ccccc12)N1CCC[C@H](C(=O)NNC(=O)c2ccc3ccccc3c2)C1. The molecule has 5 rings (SSSR count). The van der Waals surface area contributed by atoms with E-state index in [0.717, 1.165) is 57.9 Å². The number of ether oxygens (including phenoxy) is 1. The number of rotatable bonds is 5. The number of likely N-dealkylation sites (tertiary alicyclic amines) is 1. The highest BCUT2D eigenvalue weighted by molar-refractivity contribution is 5.99. The first-order valence-corrected chi connectivity index (χ1v) is 12.1. The Bertz CT molecular complexity index is 1460. The van der Waals surface area contributed by atoms with Crippen molar-refractivity contribution in [3.05, 3.63) is 96.6 Å². The summed E-state index contributed by atoms with van der Waals surface area (Å²) in [6, 6.07) is 25.4. The van der Waals surface area contributed by atoms with E-state index < -0.39 is 0 Å². The van der Waals surface area contributed by atoms with Crippen molar-refractivity contribution < 1.29 is 14.3 Å². The van der Waals surface area contributed by atoms with Gasteiger partial charge in [-0.25, -0.2) is 0 Å². The third-order valence-corrected chi connectivity index (χ3v) is 6.90. The van der Waals surface area contributed by atoms with Crippen molar-refractivity contribution in [1.29, 1.82) is 0 Å². The quantitative estimate of drug-likeness (QED) is 0.389. The normalized spacial score (nSPS) is 15.5. The molecule has 1 atom stereocenters. The Hall–Kier alpha value is -4.32. The average Bonchev–Trinajstić information content (AvgIpc) is 2.94. The molecule has 1 saturated heterocycles. The fourth-order valence-corrected chi connectivity index (χ4v) is 4.93. The van der Waals surface area contributed by atoms with E-state index in [-0.39, 0.29) is 17.7 Å². The minimum absolute atomic E-state index is 0.193. The van der Waals surface area contributed by atoms with Crippen molar-refractivity contribution in [1.82, 2.24) is 15.8 Å². The molecular formula is C30H29N3O3. The Morgan fingerprint density at radius 2 is 1.67 bits per heavy atom. The molecule has 4 aromatic rings. The molecule has 0 bridgehead atoms. The molecule has 2 N–H and O–H groups in total. The van der Waals surface area contributed by atoms with Gasteiger partial charge in [0, 0.05) is 35.3 Å². The van der Waals surface area contributed by atoms with Gasteiger partial charge in [0.1, 0.15) is 5.75 Å². The number of hydrogen-bond acceptors (Lipinski definition) is 4. The van der Waals surface area contributed by atoms with Crippen LogP contribution in [0.2, 0.25) is 0 Å². The molecule has 0 saturated carbocycles. The molecule has 0 spiro atoms. The van der Waals surface area contributed by atoms with Gasteiger partial charge in [-0.05, 0) is 53.3 Å². The minimum Gasteiger partial charge on any atom is -0.496 e. The van der Waals surface area contributed by atoms with Crippen molar-refractivity contribution in [2.75, 3.05) is 20.2 Å². The summed E-state index contributed by atoms with van der Waals surface area (Å²) in [5.41, 5.74) is 7.62. The van der Waals surface area contributed by atoms with Gasteiger partial charge in [-0.2, -0.15) is 0 Å². The maximum atomic E-state index is 12.9. The van der Waals surface area contributed by atoms with E-state index in [1.54, 1.807) is 13.2 Å². The lowest BCUT2D eigenvalue weighted by molar-refractivity contribution is -0.127. The lowest BCUT2D eigenvalue weighted by Gasteiger charge is -2.35. The Balaban J connectivity index is 1.24. The molecule has 2 amide bonds. The van der Waals surface area contributed by atoms with E-state index in [0.29, 0.717) is 12.1 Å². The number of hydrazine groups is 1. The van der Waals surface area contributed by atoms with Gasteiger partial charge in [0.05, 0.1) is 13.0 Å². The van der Waals surface area contributed by atoms with Crippen molar-refractivity contribution in [2.45, 2.75) is 12.8 Å². The molecule has 1 heterocycles. The second-order valence-corrected chi connectivity index (χ2v) is 9.10. The lowest BCUT2D eigenvalue weighted by atomic mass is 9.95. The summed E-state index contributed by atoms with van der Waals surface area (Å²) >= 11 is 0. The summed E-state index contributed by atoms with van der Waals surface area (Å²) < 4.78 is 5.52. The van der Waals surface area contributed by atoms with Crippen LogP contribution in [0.3, 0.4) is 0 Å². The fourth-order valence-electron chi connectivity index (χ4n) is 4.93. The van der Waals surface area contributed by atoms with Crippen LogP contribution in [0.5, 0.6) is 5.75 Å². The number of methoxy groups -OCH3 is 1. The van der Waals surface area contributed by atoms with Gasteiger partial charge in [0.15, 0.2) is 0 Å². The third kappa shape index (κ3) is 4.62. The molecule has 4 aromatic carbocycles. The largest absolute Gasteiger partial charge is 0.496 e. The Morgan fingerprint density at radius 1 is 0.917 bits per heavy atom.